The van der Waals surface area contributed by atoms with E-state index in [-0.39, 0.29) is 61.0 Å². The number of aliphatic hydroxyl groups excluding tert-OH is 1. The van der Waals surface area contributed by atoms with Crippen LogP contribution in [0.5, 0.6) is 0 Å². The topological polar surface area (TPSA) is 110 Å². The summed E-state index contributed by atoms with van der Waals surface area (Å²) in [6.07, 6.45) is 14.7. The summed E-state index contributed by atoms with van der Waals surface area (Å²) in [6, 6.07) is 19.5. The lowest BCUT2D eigenvalue weighted by molar-refractivity contribution is -0.0398. The maximum Gasteiger partial charge on any atom is 0.410 e. The number of nitrogens with zero attached hydrogens (tertiary/aromatic N) is 2. The molecule has 8 rings (SSSR count). The van der Waals surface area contributed by atoms with Crippen LogP contribution in [0.2, 0.25) is 0 Å². The van der Waals surface area contributed by atoms with Crippen molar-refractivity contribution in [3.05, 3.63) is 70.8 Å². The molecule has 2 aromatic carbocycles. The molecule has 0 spiro atoms. The summed E-state index contributed by atoms with van der Waals surface area (Å²) in [4.78, 5) is 28.3. The van der Waals surface area contributed by atoms with Crippen LogP contribution in [-0.2, 0) is 45.0 Å². The second-order valence-corrected chi connectivity index (χ2v) is 19.9. The van der Waals surface area contributed by atoms with Gasteiger partial charge in [0.25, 0.3) is 0 Å². The number of piperidine rings is 3. The Balaban J connectivity index is 0.000000174. The minimum Gasteiger partial charge on any atom is -0.444 e. The second-order valence-electron chi connectivity index (χ2n) is 19.9. The molecule has 6 unspecified atom stereocenters. The molecule has 6 aliphatic rings. The van der Waals surface area contributed by atoms with Gasteiger partial charge in [-0.05, 0) is 154 Å². The molecule has 2 N–H and O–H groups in total. The van der Waals surface area contributed by atoms with Crippen LogP contribution < -0.4 is 5.32 Å². The van der Waals surface area contributed by atoms with E-state index in [1.54, 1.807) is 0 Å². The van der Waals surface area contributed by atoms with Gasteiger partial charge in [0.1, 0.15) is 11.2 Å². The van der Waals surface area contributed by atoms with Crippen LogP contribution in [-0.4, -0.2) is 92.9 Å². The zero-order valence-corrected chi connectivity index (χ0v) is 38.6. The molecule has 6 saturated heterocycles. The Kier molecular flexibility index (Phi) is 17.2. The molecule has 6 atom stereocenters. The number of carbonyl (C=O) groups excluding carboxylic acids is 2. The van der Waals surface area contributed by atoms with Crippen LogP contribution in [0.25, 0.3) is 0 Å². The quantitative estimate of drug-likeness (QED) is 0.270. The first-order valence-corrected chi connectivity index (χ1v) is 22.9. The van der Waals surface area contributed by atoms with Gasteiger partial charge >= 0.3 is 12.2 Å². The fourth-order valence-corrected chi connectivity index (χ4v) is 10.3. The van der Waals surface area contributed by atoms with E-state index >= 15 is 0 Å². The van der Waals surface area contributed by atoms with Crippen LogP contribution in [0.15, 0.2) is 48.5 Å². The van der Waals surface area contributed by atoms with E-state index in [1.165, 1.54) is 47.9 Å². The van der Waals surface area contributed by atoms with Gasteiger partial charge in [-0.2, -0.15) is 0 Å². The van der Waals surface area contributed by atoms with Crippen molar-refractivity contribution in [1.82, 2.24) is 15.1 Å². The highest BCUT2D eigenvalue weighted by atomic mass is 35.5. The first kappa shape index (κ1) is 48.1. The first-order valence-electron chi connectivity index (χ1n) is 22.9. The summed E-state index contributed by atoms with van der Waals surface area (Å²) in [7, 11) is 0. The smallest absolute Gasteiger partial charge is 0.410 e. The molecular weight excluding hydrogens is 778 g/mol. The number of aryl methyl sites for hydroxylation is 2. The van der Waals surface area contributed by atoms with Crippen molar-refractivity contribution in [2.75, 3.05) is 0 Å². The van der Waals surface area contributed by atoms with E-state index in [1.807, 2.05) is 51.3 Å². The largest absolute Gasteiger partial charge is 0.444 e. The predicted octanol–water partition coefficient (Wildman–Crippen LogP) is 10.1. The summed E-state index contributed by atoms with van der Waals surface area (Å²) in [5.41, 5.74) is 4.56. The molecule has 336 valence electrons. The maximum atomic E-state index is 12.5. The zero-order chi connectivity index (χ0) is 42.3. The minimum atomic E-state index is -0.438. The Morgan fingerprint density at radius 2 is 0.933 bits per heavy atom. The van der Waals surface area contributed by atoms with Crippen molar-refractivity contribution in [1.29, 1.82) is 0 Å². The molecule has 0 radical (unpaired) electrons. The van der Waals surface area contributed by atoms with Gasteiger partial charge in [0.2, 0.25) is 0 Å². The highest BCUT2D eigenvalue weighted by molar-refractivity contribution is 5.85. The standard InChI is InChI=1S/C21H31NO3.C16H23NO.C12H21NO3.ClH/c1-5-15-8-6-7-9-16(15)14-24-19-12-17-10-11-18(13-19)22(17)20(23)25-21(2,3)4;1-2-12-5-3-4-6-13(12)11-18-16-9-14-7-8-15(10-16)17-14;1-12(2,3)16-11(15)13-8-4-5-9(13)7-10(14)6-8;/h6-9,17-19H,5,10-14H2,1-4H3;3-6,14-17H,2,7-11H2,1H3;8-10,14H,4-7H2,1-3H3;1H. The molecule has 2 amide bonds. The van der Waals surface area contributed by atoms with Crippen molar-refractivity contribution in [3.8, 4) is 0 Å². The van der Waals surface area contributed by atoms with Gasteiger partial charge in [-0.1, -0.05) is 62.4 Å². The maximum absolute atomic E-state index is 12.5. The molecule has 60 heavy (non-hydrogen) atoms. The second kappa shape index (κ2) is 21.5. The van der Waals surface area contributed by atoms with E-state index in [0.717, 1.165) is 70.1 Å². The van der Waals surface area contributed by atoms with E-state index in [0.29, 0.717) is 25.6 Å². The van der Waals surface area contributed by atoms with Gasteiger partial charge in [0.05, 0.1) is 31.5 Å². The number of benzene rings is 2. The average molecular weight is 855 g/mol. The molecule has 0 aromatic heterocycles. The number of hydrogen-bond acceptors (Lipinski definition) is 8. The third kappa shape index (κ3) is 13.3. The Bertz CT molecular complexity index is 1640. The number of aliphatic hydroxyl groups is 1. The Morgan fingerprint density at radius 3 is 1.30 bits per heavy atom. The zero-order valence-electron chi connectivity index (χ0n) is 37.8. The highest BCUT2D eigenvalue weighted by Gasteiger charge is 2.46. The molecule has 0 aliphatic carbocycles. The Hall–Kier alpha value is -2.89. The lowest BCUT2D eigenvalue weighted by atomic mass is 10.00. The molecular formula is C49H76ClN3O7. The number of hydrogen-bond donors (Lipinski definition) is 2. The lowest BCUT2D eigenvalue weighted by Gasteiger charge is -2.39. The molecule has 6 heterocycles. The molecule has 6 bridgehead atoms. The third-order valence-corrected chi connectivity index (χ3v) is 13.0. The third-order valence-electron chi connectivity index (χ3n) is 13.0. The van der Waals surface area contributed by atoms with E-state index in [9.17, 15) is 14.7 Å². The van der Waals surface area contributed by atoms with Gasteiger partial charge in [0, 0.05) is 36.3 Å². The molecule has 6 fully saturated rings. The van der Waals surface area contributed by atoms with Gasteiger partial charge in [-0.3, -0.25) is 0 Å². The monoisotopic (exact) mass is 854 g/mol. The number of nitrogens with one attached hydrogen (secondary N) is 1. The van der Waals surface area contributed by atoms with Crippen molar-refractivity contribution in [3.63, 3.8) is 0 Å². The summed E-state index contributed by atoms with van der Waals surface area (Å²) < 4.78 is 23.4. The summed E-state index contributed by atoms with van der Waals surface area (Å²) in [5.74, 6) is 0. The van der Waals surface area contributed by atoms with E-state index in [4.69, 9.17) is 18.9 Å². The van der Waals surface area contributed by atoms with Gasteiger partial charge < -0.3 is 39.2 Å². The Labute approximate surface area is 367 Å². The van der Waals surface area contributed by atoms with Crippen LogP contribution in [0.1, 0.15) is 155 Å². The molecule has 6 aliphatic heterocycles. The highest BCUT2D eigenvalue weighted by Crippen LogP contribution is 2.39. The Morgan fingerprint density at radius 1 is 0.583 bits per heavy atom. The van der Waals surface area contributed by atoms with Gasteiger partial charge in [-0.25, -0.2) is 9.59 Å². The number of carbonyl (C=O) groups is 2. The van der Waals surface area contributed by atoms with Crippen LogP contribution in [0.3, 0.4) is 0 Å². The van der Waals surface area contributed by atoms with E-state index < -0.39 is 11.2 Å². The van der Waals surface area contributed by atoms with Crippen molar-refractivity contribution < 1.29 is 33.6 Å². The molecule has 11 heteroatoms. The normalized spacial score (nSPS) is 29.1. The van der Waals surface area contributed by atoms with Crippen LogP contribution >= 0.6 is 12.4 Å². The van der Waals surface area contributed by atoms with Gasteiger partial charge in [0.15, 0.2) is 0 Å². The SMILES string of the molecule is CC(C)(C)OC(=O)N1C2CCC1CC(O)C2.CCc1ccccc1COC1CC2CCC(C1)N2.CCc1ccccc1COC1CC2CCC(C1)N2C(=O)OC(C)(C)C.Cl. The number of halogens is 1. The molecule has 2 aromatic rings. The van der Waals surface area contributed by atoms with E-state index in [2.05, 4.69) is 67.7 Å². The average Bonchev–Trinajstić information content (AvgIpc) is 3.78. The number of rotatable bonds is 8. The molecule has 0 saturated carbocycles. The summed E-state index contributed by atoms with van der Waals surface area (Å²) in [5, 5.41) is 13.3. The van der Waals surface area contributed by atoms with Crippen LogP contribution in [0, 0.1) is 0 Å². The molecule has 10 nitrogen and oxygen atoms in total. The van der Waals surface area contributed by atoms with Crippen LogP contribution in [0.4, 0.5) is 9.59 Å². The first-order chi connectivity index (χ1) is 28.1. The minimum absolute atomic E-state index is 0. The number of amides is 2. The predicted molar refractivity (Wildman–Crippen MR) is 239 cm³/mol. The fraction of sp³-hybridized carbons (Fsp3) is 0.714. The lowest BCUT2D eigenvalue weighted by Crippen LogP contribution is -2.50. The summed E-state index contributed by atoms with van der Waals surface area (Å²) >= 11 is 0. The number of ether oxygens (including phenoxy) is 4. The fourth-order valence-electron chi connectivity index (χ4n) is 10.3. The van der Waals surface area contributed by atoms with Crippen molar-refractivity contribution in [2.24, 2.45) is 0 Å². The van der Waals surface area contributed by atoms with Gasteiger partial charge in [-0.15, -0.1) is 12.4 Å². The van der Waals surface area contributed by atoms with Crippen molar-refractivity contribution >= 4 is 24.6 Å². The van der Waals surface area contributed by atoms with Crippen molar-refractivity contribution in [2.45, 2.75) is 224 Å². The summed E-state index contributed by atoms with van der Waals surface area (Å²) in [6.45, 7) is 17.3. The number of fused-ring (bicyclic) bond motifs is 6.